The average Bonchev–Trinajstić information content (AvgIpc) is 2.68. The van der Waals surface area contributed by atoms with E-state index >= 15 is 0 Å². The molecule has 0 fully saturated rings. The van der Waals surface area contributed by atoms with E-state index in [1.54, 1.807) is 7.05 Å². The summed E-state index contributed by atoms with van der Waals surface area (Å²) in [7, 11) is 1.67. The van der Waals surface area contributed by atoms with Gasteiger partial charge in [-0.05, 0) is 13.8 Å². The van der Waals surface area contributed by atoms with Crippen molar-refractivity contribution in [1.29, 1.82) is 0 Å². The largest absolute Gasteiger partial charge is 0.361 e. The normalized spacial score (nSPS) is 10.9. The van der Waals surface area contributed by atoms with Crippen LogP contribution in [0.15, 0.2) is 15.6 Å². The molecule has 0 bridgehead atoms. The third-order valence-electron chi connectivity index (χ3n) is 2.38. The van der Waals surface area contributed by atoms with Gasteiger partial charge >= 0.3 is 5.69 Å². The van der Waals surface area contributed by atoms with Gasteiger partial charge in [-0.15, -0.1) is 0 Å². The maximum absolute atomic E-state index is 11.5. The van der Waals surface area contributed by atoms with Crippen LogP contribution in [0.2, 0.25) is 0 Å². The van der Waals surface area contributed by atoms with Crippen molar-refractivity contribution in [3.63, 3.8) is 0 Å². The highest BCUT2D eigenvalue weighted by atomic mass is 16.5. The van der Waals surface area contributed by atoms with Gasteiger partial charge in [-0.2, -0.15) is 5.10 Å². The second kappa shape index (κ2) is 3.38. The molecule has 15 heavy (non-hydrogen) atoms. The van der Waals surface area contributed by atoms with E-state index in [2.05, 4.69) is 10.3 Å². The summed E-state index contributed by atoms with van der Waals surface area (Å²) in [6.45, 7) is 4.07. The molecule has 0 saturated heterocycles. The van der Waals surface area contributed by atoms with Crippen molar-refractivity contribution in [1.82, 2.24) is 19.5 Å². The minimum Gasteiger partial charge on any atom is -0.361 e. The summed E-state index contributed by atoms with van der Waals surface area (Å²) in [5.74, 6) is 0.727. The van der Waals surface area contributed by atoms with Crippen LogP contribution in [0.25, 0.3) is 0 Å². The SMILES string of the molecule is Cc1noc(C)c1Cn1ncn(C)c1=O. The van der Waals surface area contributed by atoms with Crippen LogP contribution in [0.4, 0.5) is 0 Å². The van der Waals surface area contributed by atoms with Crippen LogP contribution in [-0.2, 0) is 13.6 Å². The number of aromatic nitrogens is 4. The Hall–Kier alpha value is -1.85. The minimum absolute atomic E-state index is 0.144. The summed E-state index contributed by atoms with van der Waals surface area (Å²) in [6, 6.07) is 0. The van der Waals surface area contributed by atoms with Crippen LogP contribution < -0.4 is 5.69 Å². The molecule has 2 heterocycles. The molecule has 0 aliphatic heterocycles. The van der Waals surface area contributed by atoms with E-state index in [0.29, 0.717) is 6.54 Å². The summed E-state index contributed by atoms with van der Waals surface area (Å²) < 4.78 is 7.82. The van der Waals surface area contributed by atoms with Crippen LogP contribution in [-0.4, -0.2) is 19.5 Å². The Morgan fingerprint density at radius 2 is 2.20 bits per heavy atom. The molecule has 80 valence electrons. The highest BCUT2D eigenvalue weighted by Gasteiger charge is 2.11. The molecular weight excluding hydrogens is 196 g/mol. The van der Waals surface area contributed by atoms with Crippen molar-refractivity contribution < 1.29 is 4.52 Å². The third kappa shape index (κ3) is 1.58. The van der Waals surface area contributed by atoms with Crippen molar-refractivity contribution >= 4 is 0 Å². The van der Waals surface area contributed by atoms with Gasteiger partial charge in [0, 0.05) is 12.6 Å². The lowest BCUT2D eigenvalue weighted by molar-refractivity contribution is 0.391. The van der Waals surface area contributed by atoms with E-state index in [4.69, 9.17) is 4.52 Å². The van der Waals surface area contributed by atoms with E-state index in [0.717, 1.165) is 17.0 Å². The van der Waals surface area contributed by atoms with Crippen LogP contribution in [0.1, 0.15) is 17.0 Å². The molecule has 2 aromatic rings. The number of nitrogens with zero attached hydrogens (tertiary/aromatic N) is 4. The van der Waals surface area contributed by atoms with Crippen molar-refractivity contribution in [3.05, 3.63) is 33.8 Å². The van der Waals surface area contributed by atoms with Crippen LogP contribution in [0.3, 0.4) is 0 Å². The van der Waals surface area contributed by atoms with Crippen molar-refractivity contribution in [2.24, 2.45) is 7.05 Å². The van der Waals surface area contributed by atoms with E-state index in [-0.39, 0.29) is 5.69 Å². The second-order valence-corrected chi connectivity index (χ2v) is 3.48. The first-order valence-corrected chi connectivity index (χ1v) is 4.60. The summed E-state index contributed by atoms with van der Waals surface area (Å²) in [5, 5.41) is 7.79. The molecular formula is C9H12N4O2. The second-order valence-electron chi connectivity index (χ2n) is 3.48. The lowest BCUT2D eigenvalue weighted by Crippen LogP contribution is -2.23. The highest BCUT2D eigenvalue weighted by Crippen LogP contribution is 2.12. The molecule has 0 N–H and O–H groups in total. The molecule has 0 saturated carbocycles. The lowest BCUT2D eigenvalue weighted by Gasteiger charge is -1.98. The molecule has 6 nitrogen and oxygen atoms in total. The Kier molecular flexibility index (Phi) is 2.18. The van der Waals surface area contributed by atoms with Crippen molar-refractivity contribution in [3.8, 4) is 0 Å². The topological polar surface area (TPSA) is 65.8 Å². The molecule has 0 radical (unpaired) electrons. The molecule has 2 rings (SSSR count). The fraction of sp³-hybridized carbons (Fsp3) is 0.444. The number of hydrogen-bond acceptors (Lipinski definition) is 4. The van der Waals surface area contributed by atoms with Gasteiger partial charge in [-0.25, -0.2) is 9.48 Å². The van der Waals surface area contributed by atoms with Gasteiger partial charge in [0.2, 0.25) is 0 Å². The summed E-state index contributed by atoms with van der Waals surface area (Å²) >= 11 is 0. The molecule has 0 amide bonds. The molecule has 0 unspecified atom stereocenters. The monoisotopic (exact) mass is 208 g/mol. The standard InChI is InChI=1S/C9H12N4O2/c1-6-8(7(2)15-11-6)4-13-9(14)12(3)5-10-13/h5H,4H2,1-3H3. The zero-order valence-electron chi connectivity index (χ0n) is 8.89. The zero-order valence-corrected chi connectivity index (χ0v) is 8.89. The number of hydrogen-bond donors (Lipinski definition) is 0. The Bertz CT molecular complexity index is 515. The molecule has 2 aromatic heterocycles. The van der Waals surface area contributed by atoms with Gasteiger partial charge < -0.3 is 4.52 Å². The van der Waals surface area contributed by atoms with E-state index in [1.807, 2.05) is 13.8 Å². The number of rotatable bonds is 2. The molecule has 0 spiro atoms. The smallest absolute Gasteiger partial charge is 0.345 e. The van der Waals surface area contributed by atoms with Crippen LogP contribution in [0, 0.1) is 13.8 Å². The van der Waals surface area contributed by atoms with Crippen LogP contribution in [0.5, 0.6) is 0 Å². The van der Waals surface area contributed by atoms with E-state index < -0.39 is 0 Å². The fourth-order valence-electron chi connectivity index (χ4n) is 1.41. The lowest BCUT2D eigenvalue weighted by atomic mass is 10.2. The molecule has 0 aliphatic rings. The molecule has 6 heteroatoms. The molecule has 0 atom stereocenters. The first-order chi connectivity index (χ1) is 7.09. The van der Waals surface area contributed by atoms with E-state index in [1.165, 1.54) is 15.6 Å². The van der Waals surface area contributed by atoms with Gasteiger partial charge in [0.05, 0.1) is 12.2 Å². The predicted octanol–water partition coefficient (Wildman–Crippen LogP) is 0.235. The van der Waals surface area contributed by atoms with Crippen LogP contribution >= 0.6 is 0 Å². The van der Waals surface area contributed by atoms with E-state index in [9.17, 15) is 4.79 Å². The third-order valence-corrected chi connectivity index (χ3v) is 2.38. The molecule has 0 aliphatic carbocycles. The average molecular weight is 208 g/mol. The summed E-state index contributed by atoms with van der Waals surface area (Å²) in [5.41, 5.74) is 1.57. The quantitative estimate of drug-likeness (QED) is 0.708. The molecule has 0 aromatic carbocycles. The Morgan fingerprint density at radius 3 is 2.67 bits per heavy atom. The Balaban J connectivity index is 2.38. The van der Waals surface area contributed by atoms with Crippen molar-refractivity contribution in [2.45, 2.75) is 20.4 Å². The summed E-state index contributed by atoms with van der Waals surface area (Å²) in [6.07, 6.45) is 1.49. The Labute approximate surface area is 86.1 Å². The number of aryl methyl sites for hydroxylation is 3. The Morgan fingerprint density at radius 1 is 1.47 bits per heavy atom. The first kappa shape index (κ1) is 9.70. The van der Waals surface area contributed by atoms with Gasteiger partial charge in [-0.1, -0.05) is 5.16 Å². The summed E-state index contributed by atoms with van der Waals surface area (Å²) in [4.78, 5) is 11.5. The fourth-order valence-corrected chi connectivity index (χ4v) is 1.41. The highest BCUT2D eigenvalue weighted by molar-refractivity contribution is 5.20. The predicted molar refractivity (Wildman–Crippen MR) is 52.5 cm³/mol. The van der Waals surface area contributed by atoms with Crippen molar-refractivity contribution in [2.75, 3.05) is 0 Å². The zero-order chi connectivity index (χ0) is 11.0. The van der Waals surface area contributed by atoms with Gasteiger partial charge in [0.25, 0.3) is 0 Å². The maximum atomic E-state index is 11.5. The minimum atomic E-state index is -0.144. The maximum Gasteiger partial charge on any atom is 0.345 e. The van der Waals surface area contributed by atoms with Gasteiger partial charge in [-0.3, -0.25) is 4.57 Å². The van der Waals surface area contributed by atoms with Gasteiger partial charge in [0.1, 0.15) is 12.1 Å². The first-order valence-electron chi connectivity index (χ1n) is 4.60. The van der Waals surface area contributed by atoms with Gasteiger partial charge in [0.15, 0.2) is 0 Å².